The molecule has 1 aromatic carbocycles. The van der Waals surface area contributed by atoms with Crippen LogP contribution in [0, 0.1) is 11.7 Å². The van der Waals surface area contributed by atoms with Gasteiger partial charge < -0.3 is 15.8 Å². The quantitative estimate of drug-likeness (QED) is 0.834. The molecule has 0 saturated heterocycles. The second-order valence-corrected chi connectivity index (χ2v) is 5.93. The van der Waals surface area contributed by atoms with E-state index in [2.05, 4.69) is 12.2 Å². The molecular weight excluding hydrogens is 319 g/mol. The summed E-state index contributed by atoms with van der Waals surface area (Å²) in [5.41, 5.74) is 6.88. The molecule has 1 aromatic rings. The van der Waals surface area contributed by atoms with E-state index in [-0.39, 0.29) is 42.2 Å². The van der Waals surface area contributed by atoms with Crippen LogP contribution in [0.1, 0.15) is 38.2 Å². The molecule has 23 heavy (non-hydrogen) atoms. The lowest BCUT2D eigenvalue weighted by atomic mass is 9.83. The Balaban J connectivity index is 0.00000264. The zero-order valence-electron chi connectivity index (χ0n) is 13.5. The summed E-state index contributed by atoms with van der Waals surface area (Å²) < 4.78 is 18.8. The minimum Gasteiger partial charge on any atom is -0.377 e. The number of ether oxygens (including phenoxy) is 1. The first-order chi connectivity index (χ1) is 10.6. The van der Waals surface area contributed by atoms with Crippen molar-refractivity contribution in [2.75, 3.05) is 6.61 Å². The largest absolute Gasteiger partial charge is 0.377 e. The summed E-state index contributed by atoms with van der Waals surface area (Å²) in [6, 6.07) is 6.17. The van der Waals surface area contributed by atoms with Crippen molar-refractivity contribution in [1.29, 1.82) is 0 Å². The number of hydrogen-bond donors (Lipinski definition) is 2. The number of halogens is 2. The number of nitrogens with two attached hydrogens (primary N) is 1. The molecule has 130 valence electrons. The van der Waals surface area contributed by atoms with Gasteiger partial charge in [-0.15, -0.1) is 12.4 Å². The predicted octanol–water partition coefficient (Wildman–Crippen LogP) is 2.79. The van der Waals surface area contributed by atoms with E-state index in [1.54, 1.807) is 12.1 Å². The van der Waals surface area contributed by atoms with Crippen LogP contribution in [0.5, 0.6) is 0 Å². The summed E-state index contributed by atoms with van der Waals surface area (Å²) in [5, 5.41) is 2.87. The first-order valence-corrected chi connectivity index (χ1v) is 7.99. The highest BCUT2D eigenvalue weighted by molar-refractivity contribution is 5.85. The molecule has 0 bridgehead atoms. The molecule has 1 saturated carbocycles. The fourth-order valence-corrected chi connectivity index (χ4v) is 2.87. The van der Waals surface area contributed by atoms with Crippen molar-refractivity contribution in [3.8, 4) is 0 Å². The minimum absolute atomic E-state index is 0. The van der Waals surface area contributed by atoms with Crippen LogP contribution < -0.4 is 11.1 Å². The van der Waals surface area contributed by atoms with Gasteiger partial charge in [0, 0.05) is 25.1 Å². The SMILES string of the molecule is CCCO[C@@H]1CC[C@H](C(=O)NCc2cccc(F)c2)C[C@H]1N.Cl. The van der Waals surface area contributed by atoms with Gasteiger partial charge in [0.15, 0.2) is 0 Å². The first kappa shape index (κ1) is 19.9. The number of carbonyl (C=O) groups is 1. The van der Waals surface area contributed by atoms with Crippen molar-refractivity contribution in [3.63, 3.8) is 0 Å². The number of hydrogen-bond acceptors (Lipinski definition) is 3. The third-order valence-electron chi connectivity index (χ3n) is 4.10. The van der Waals surface area contributed by atoms with Crippen LogP contribution in [-0.4, -0.2) is 24.7 Å². The summed E-state index contributed by atoms with van der Waals surface area (Å²) in [5.74, 6) is -0.374. The number of benzene rings is 1. The molecule has 0 aromatic heterocycles. The lowest BCUT2D eigenvalue weighted by Crippen LogP contribution is -2.46. The maximum absolute atomic E-state index is 13.1. The predicted molar refractivity (Wildman–Crippen MR) is 90.8 cm³/mol. The fourth-order valence-electron chi connectivity index (χ4n) is 2.87. The highest BCUT2D eigenvalue weighted by atomic mass is 35.5. The topological polar surface area (TPSA) is 64.3 Å². The molecule has 1 aliphatic rings. The highest BCUT2D eigenvalue weighted by Crippen LogP contribution is 2.26. The number of nitrogens with one attached hydrogen (secondary N) is 1. The van der Waals surface area contributed by atoms with E-state index < -0.39 is 0 Å². The summed E-state index contributed by atoms with van der Waals surface area (Å²) >= 11 is 0. The Morgan fingerprint density at radius 2 is 2.22 bits per heavy atom. The summed E-state index contributed by atoms with van der Waals surface area (Å²) in [4.78, 5) is 12.2. The lowest BCUT2D eigenvalue weighted by Gasteiger charge is -2.33. The van der Waals surface area contributed by atoms with Crippen LogP contribution in [-0.2, 0) is 16.1 Å². The molecule has 0 aliphatic heterocycles. The molecule has 0 heterocycles. The second-order valence-electron chi connectivity index (χ2n) is 5.93. The Bertz CT molecular complexity index is 501. The summed E-state index contributed by atoms with van der Waals surface area (Å²) in [6.07, 6.45) is 3.28. The monoisotopic (exact) mass is 344 g/mol. The molecule has 6 heteroatoms. The average molecular weight is 345 g/mol. The van der Waals surface area contributed by atoms with E-state index >= 15 is 0 Å². The van der Waals surface area contributed by atoms with Gasteiger partial charge in [-0.25, -0.2) is 4.39 Å². The smallest absolute Gasteiger partial charge is 0.223 e. The Morgan fingerprint density at radius 3 is 2.87 bits per heavy atom. The number of amides is 1. The van der Waals surface area contributed by atoms with Crippen molar-refractivity contribution in [2.24, 2.45) is 11.7 Å². The molecule has 1 aliphatic carbocycles. The average Bonchev–Trinajstić information content (AvgIpc) is 2.51. The van der Waals surface area contributed by atoms with E-state index in [0.717, 1.165) is 31.4 Å². The third kappa shape index (κ3) is 6.09. The van der Waals surface area contributed by atoms with Crippen molar-refractivity contribution >= 4 is 18.3 Å². The lowest BCUT2D eigenvalue weighted by molar-refractivity contribution is -0.127. The van der Waals surface area contributed by atoms with Crippen molar-refractivity contribution in [1.82, 2.24) is 5.32 Å². The maximum Gasteiger partial charge on any atom is 0.223 e. The van der Waals surface area contributed by atoms with Gasteiger partial charge in [-0.05, 0) is 43.4 Å². The Morgan fingerprint density at radius 1 is 1.43 bits per heavy atom. The van der Waals surface area contributed by atoms with Crippen LogP contribution in [0.25, 0.3) is 0 Å². The van der Waals surface area contributed by atoms with E-state index in [1.807, 2.05) is 0 Å². The van der Waals surface area contributed by atoms with Gasteiger partial charge in [0.05, 0.1) is 6.10 Å². The van der Waals surface area contributed by atoms with Gasteiger partial charge in [0.1, 0.15) is 5.82 Å². The van der Waals surface area contributed by atoms with E-state index in [4.69, 9.17) is 10.5 Å². The van der Waals surface area contributed by atoms with Gasteiger partial charge in [-0.2, -0.15) is 0 Å². The fraction of sp³-hybridized carbons (Fsp3) is 0.588. The summed E-state index contributed by atoms with van der Waals surface area (Å²) in [7, 11) is 0. The van der Waals surface area contributed by atoms with Crippen molar-refractivity contribution < 1.29 is 13.9 Å². The minimum atomic E-state index is -0.289. The highest BCUT2D eigenvalue weighted by Gasteiger charge is 2.32. The molecule has 4 nitrogen and oxygen atoms in total. The molecular formula is C17H26ClFN2O2. The second kappa shape index (κ2) is 9.85. The Kier molecular flexibility index (Phi) is 8.52. The zero-order chi connectivity index (χ0) is 15.9. The molecule has 3 atom stereocenters. The molecule has 0 spiro atoms. The van der Waals surface area contributed by atoms with E-state index in [9.17, 15) is 9.18 Å². The van der Waals surface area contributed by atoms with Crippen LogP contribution in [0.3, 0.4) is 0 Å². The van der Waals surface area contributed by atoms with Crippen LogP contribution >= 0.6 is 12.4 Å². The first-order valence-electron chi connectivity index (χ1n) is 7.99. The van der Waals surface area contributed by atoms with Gasteiger partial charge in [-0.1, -0.05) is 19.1 Å². The zero-order valence-corrected chi connectivity index (χ0v) is 14.3. The number of rotatable bonds is 6. The molecule has 1 amide bonds. The van der Waals surface area contributed by atoms with Gasteiger partial charge in [0.25, 0.3) is 0 Å². The maximum atomic E-state index is 13.1. The van der Waals surface area contributed by atoms with Gasteiger partial charge in [-0.3, -0.25) is 4.79 Å². The molecule has 1 fully saturated rings. The number of carbonyl (C=O) groups excluding carboxylic acids is 1. The van der Waals surface area contributed by atoms with E-state index in [0.29, 0.717) is 13.0 Å². The van der Waals surface area contributed by atoms with Crippen molar-refractivity contribution in [3.05, 3.63) is 35.6 Å². The normalized spacial score (nSPS) is 23.9. The standard InChI is InChI=1S/C17H25FN2O2.ClH/c1-2-8-22-16-7-6-13(10-15(16)19)17(21)20-11-12-4-3-5-14(18)9-12;/h3-5,9,13,15-16H,2,6-8,10-11,19H2,1H3,(H,20,21);1H/t13-,15+,16+;/m0./s1. The summed E-state index contributed by atoms with van der Waals surface area (Å²) in [6.45, 7) is 3.13. The molecule has 0 unspecified atom stereocenters. The van der Waals surface area contributed by atoms with Crippen molar-refractivity contribution in [2.45, 2.75) is 51.3 Å². The van der Waals surface area contributed by atoms with Crippen LogP contribution in [0.4, 0.5) is 4.39 Å². The molecule has 0 radical (unpaired) electrons. The molecule has 3 N–H and O–H groups in total. The Labute approximate surface area is 143 Å². The van der Waals surface area contributed by atoms with E-state index in [1.165, 1.54) is 12.1 Å². The van der Waals surface area contributed by atoms with Gasteiger partial charge in [0.2, 0.25) is 5.91 Å². The third-order valence-corrected chi connectivity index (χ3v) is 4.10. The molecule has 2 rings (SSSR count). The van der Waals surface area contributed by atoms with Crippen LogP contribution in [0.15, 0.2) is 24.3 Å². The Hall–Kier alpha value is -1.17. The van der Waals surface area contributed by atoms with Gasteiger partial charge >= 0.3 is 0 Å². The van der Waals surface area contributed by atoms with Crippen LogP contribution in [0.2, 0.25) is 0 Å².